The number of esters is 1. The second-order valence-corrected chi connectivity index (χ2v) is 6.56. The first-order chi connectivity index (χ1) is 12.5. The minimum Gasteiger partial charge on any atom is -0.433 e. The van der Waals surface area contributed by atoms with E-state index in [0.29, 0.717) is 23.2 Å². The Labute approximate surface area is 150 Å². The van der Waals surface area contributed by atoms with Crippen molar-refractivity contribution < 1.29 is 19.1 Å². The molecule has 132 valence electrons. The quantitative estimate of drug-likeness (QED) is 0.864. The average molecular weight is 350 g/mol. The van der Waals surface area contributed by atoms with Crippen molar-refractivity contribution in [3.63, 3.8) is 0 Å². The Morgan fingerprint density at radius 3 is 2.77 bits per heavy atom. The van der Waals surface area contributed by atoms with E-state index in [1.807, 2.05) is 25.1 Å². The Morgan fingerprint density at radius 1 is 1.15 bits per heavy atom. The molecule has 2 aromatic rings. The minimum atomic E-state index is -0.845. The highest BCUT2D eigenvalue weighted by Gasteiger charge is 2.46. The Balaban J connectivity index is 1.60. The van der Waals surface area contributed by atoms with Gasteiger partial charge in [0.15, 0.2) is 0 Å². The SMILES string of the molecule is Cc1cccc(NC(=O)C2CCC(=O)N2C2OC(=O)c3ccccc32)c1. The van der Waals surface area contributed by atoms with E-state index >= 15 is 0 Å². The molecular formula is C20H18N2O4. The fraction of sp³-hybridized carbons (Fsp3) is 0.250. The summed E-state index contributed by atoms with van der Waals surface area (Å²) in [5.74, 6) is -0.936. The van der Waals surface area contributed by atoms with Crippen molar-refractivity contribution in [2.75, 3.05) is 5.32 Å². The largest absolute Gasteiger partial charge is 0.433 e. The second-order valence-electron chi connectivity index (χ2n) is 6.56. The summed E-state index contributed by atoms with van der Waals surface area (Å²) < 4.78 is 5.42. The topological polar surface area (TPSA) is 75.7 Å². The standard InChI is InChI=1S/C20H18N2O4/c1-12-5-4-6-13(11-12)21-18(24)16-9-10-17(23)22(16)19-14-7-2-3-8-15(14)20(25)26-19/h2-8,11,16,19H,9-10H2,1H3,(H,21,24). The van der Waals surface area contributed by atoms with Gasteiger partial charge in [0, 0.05) is 17.7 Å². The van der Waals surface area contributed by atoms with Gasteiger partial charge in [-0.05, 0) is 37.1 Å². The molecule has 1 saturated heterocycles. The molecule has 0 aliphatic carbocycles. The van der Waals surface area contributed by atoms with Crippen LogP contribution < -0.4 is 5.32 Å². The minimum absolute atomic E-state index is 0.191. The van der Waals surface area contributed by atoms with E-state index in [9.17, 15) is 14.4 Å². The van der Waals surface area contributed by atoms with Crippen LogP contribution in [-0.4, -0.2) is 28.7 Å². The van der Waals surface area contributed by atoms with Gasteiger partial charge in [-0.25, -0.2) is 4.79 Å². The second kappa shape index (κ2) is 6.29. The van der Waals surface area contributed by atoms with E-state index in [-0.39, 0.29) is 18.2 Å². The number of nitrogens with one attached hydrogen (secondary N) is 1. The lowest BCUT2D eigenvalue weighted by molar-refractivity contribution is -0.144. The number of hydrogen-bond donors (Lipinski definition) is 1. The van der Waals surface area contributed by atoms with Gasteiger partial charge in [-0.2, -0.15) is 0 Å². The number of amides is 2. The molecule has 2 unspecified atom stereocenters. The van der Waals surface area contributed by atoms with Crippen LogP contribution in [-0.2, 0) is 14.3 Å². The van der Waals surface area contributed by atoms with E-state index in [1.165, 1.54) is 4.90 Å². The molecule has 0 spiro atoms. The predicted octanol–water partition coefficient (Wildman–Crippen LogP) is 2.79. The van der Waals surface area contributed by atoms with Crippen LogP contribution in [0.3, 0.4) is 0 Å². The summed E-state index contributed by atoms with van der Waals surface area (Å²) in [6.45, 7) is 1.94. The van der Waals surface area contributed by atoms with Crippen molar-refractivity contribution in [1.82, 2.24) is 4.90 Å². The summed E-state index contributed by atoms with van der Waals surface area (Å²) in [7, 11) is 0. The van der Waals surface area contributed by atoms with Crippen molar-refractivity contribution >= 4 is 23.5 Å². The van der Waals surface area contributed by atoms with E-state index in [1.54, 1.807) is 30.3 Å². The van der Waals surface area contributed by atoms with Crippen LogP contribution >= 0.6 is 0 Å². The predicted molar refractivity (Wildman–Crippen MR) is 94.3 cm³/mol. The van der Waals surface area contributed by atoms with E-state index in [4.69, 9.17) is 4.74 Å². The Bertz CT molecular complexity index is 908. The third kappa shape index (κ3) is 2.73. The third-order valence-electron chi connectivity index (χ3n) is 4.76. The fourth-order valence-corrected chi connectivity index (χ4v) is 3.54. The molecule has 0 aromatic heterocycles. The summed E-state index contributed by atoms with van der Waals surface area (Å²) >= 11 is 0. The molecule has 1 N–H and O–H groups in total. The van der Waals surface area contributed by atoms with Crippen molar-refractivity contribution in [3.05, 3.63) is 65.2 Å². The maximum Gasteiger partial charge on any atom is 0.340 e. The number of ether oxygens (including phenoxy) is 1. The third-order valence-corrected chi connectivity index (χ3v) is 4.76. The first-order valence-electron chi connectivity index (χ1n) is 8.53. The lowest BCUT2D eigenvalue weighted by Crippen LogP contribution is -2.43. The smallest absolute Gasteiger partial charge is 0.340 e. The number of fused-ring (bicyclic) bond motifs is 1. The van der Waals surface area contributed by atoms with Crippen LogP contribution in [0.5, 0.6) is 0 Å². The number of nitrogens with zero attached hydrogens (tertiary/aromatic N) is 1. The Morgan fingerprint density at radius 2 is 1.96 bits per heavy atom. The molecule has 6 nitrogen and oxygen atoms in total. The summed E-state index contributed by atoms with van der Waals surface area (Å²) in [5.41, 5.74) is 2.77. The molecule has 2 amide bonds. The number of cyclic esters (lactones) is 1. The van der Waals surface area contributed by atoms with Gasteiger partial charge in [-0.3, -0.25) is 14.5 Å². The molecule has 2 aliphatic rings. The summed E-state index contributed by atoms with van der Waals surface area (Å²) in [6, 6.07) is 13.7. The lowest BCUT2D eigenvalue weighted by Gasteiger charge is -2.29. The van der Waals surface area contributed by atoms with Gasteiger partial charge in [0.2, 0.25) is 18.0 Å². The number of anilines is 1. The van der Waals surface area contributed by atoms with E-state index < -0.39 is 18.2 Å². The average Bonchev–Trinajstić information content (AvgIpc) is 3.15. The molecule has 2 aromatic carbocycles. The zero-order valence-electron chi connectivity index (χ0n) is 14.3. The first kappa shape index (κ1) is 16.3. The number of likely N-dealkylation sites (tertiary alicyclic amines) is 1. The molecule has 2 heterocycles. The van der Waals surface area contributed by atoms with Crippen LogP contribution in [0, 0.1) is 6.92 Å². The maximum absolute atomic E-state index is 12.8. The van der Waals surface area contributed by atoms with Crippen LogP contribution in [0.1, 0.15) is 40.6 Å². The molecule has 1 fully saturated rings. The zero-order chi connectivity index (χ0) is 18.3. The molecule has 6 heteroatoms. The van der Waals surface area contributed by atoms with Gasteiger partial charge in [0.05, 0.1) is 5.56 Å². The lowest BCUT2D eigenvalue weighted by atomic mass is 10.1. The zero-order valence-corrected chi connectivity index (χ0v) is 14.3. The highest BCUT2D eigenvalue weighted by molar-refractivity contribution is 6.00. The number of aryl methyl sites for hydroxylation is 1. The van der Waals surface area contributed by atoms with E-state index in [0.717, 1.165) is 5.56 Å². The summed E-state index contributed by atoms with van der Waals surface area (Å²) in [5, 5.41) is 2.86. The van der Waals surface area contributed by atoms with E-state index in [2.05, 4.69) is 5.32 Å². The summed E-state index contributed by atoms with van der Waals surface area (Å²) in [4.78, 5) is 38.7. The van der Waals surface area contributed by atoms with Crippen LogP contribution in [0.15, 0.2) is 48.5 Å². The molecule has 0 saturated carbocycles. The molecule has 26 heavy (non-hydrogen) atoms. The first-order valence-corrected chi connectivity index (χ1v) is 8.53. The Hall–Kier alpha value is -3.15. The van der Waals surface area contributed by atoms with Crippen molar-refractivity contribution in [3.8, 4) is 0 Å². The molecular weight excluding hydrogens is 332 g/mol. The van der Waals surface area contributed by atoms with Crippen LogP contribution in [0.4, 0.5) is 5.69 Å². The van der Waals surface area contributed by atoms with Crippen molar-refractivity contribution in [2.24, 2.45) is 0 Å². The monoisotopic (exact) mass is 350 g/mol. The Kier molecular flexibility index (Phi) is 3.95. The number of benzene rings is 2. The van der Waals surface area contributed by atoms with Gasteiger partial charge >= 0.3 is 5.97 Å². The molecule has 4 rings (SSSR count). The van der Waals surface area contributed by atoms with Gasteiger partial charge in [-0.1, -0.05) is 30.3 Å². The highest BCUT2D eigenvalue weighted by atomic mass is 16.6. The number of rotatable bonds is 3. The molecule has 2 aliphatic heterocycles. The van der Waals surface area contributed by atoms with Gasteiger partial charge in [-0.15, -0.1) is 0 Å². The number of carbonyl (C=O) groups is 3. The van der Waals surface area contributed by atoms with Gasteiger partial charge in [0.1, 0.15) is 6.04 Å². The number of hydrogen-bond acceptors (Lipinski definition) is 4. The van der Waals surface area contributed by atoms with Crippen molar-refractivity contribution in [2.45, 2.75) is 32.0 Å². The molecule has 2 atom stereocenters. The van der Waals surface area contributed by atoms with Gasteiger partial charge < -0.3 is 10.1 Å². The van der Waals surface area contributed by atoms with Crippen LogP contribution in [0.25, 0.3) is 0 Å². The molecule has 0 radical (unpaired) electrons. The van der Waals surface area contributed by atoms with Gasteiger partial charge in [0.25, 0.3) is 0 Å². The highest BCUT2D eigenvalue weighted by Crippen LogP contribution is 2.38. The van der Waals surface area contributed by atoms with Crippen LogP contribution in [0.2, 0.25) is 0 Å². The normalized spacial score (nSPS) is 21.5. The summed E-state index contributed by atoms with van der Waals surface area (Å²) in [6.07, 6.45) is -0.198. The van der Waals surface area contributed by atoms with Crippen molar-refractivity contribution in [1.29, 1.82) is 0 Å². The maximum atomic E-state index is 12.8. The fourth-order valence-electron chi connectivity index (χ4n) is 3.54. The molecule has 0 bridgehead atoms. The number of carbonyl (C=O) groups excluding carboxylic acids is 3.